The summed E-state index contributed by atoms with van der Waals surface area (Å²) in [5, 5.41) is 3.03. The van der Waals surface area contributed by atoms with E-state index < -0.39 is 0 Å². The normalized spacial score (nSPS) is 19.8. The molecule has 2 aromatic rings. The van der Waals surface area contributed by atoms with E-state index in [9.17, 15) is 4.79 Å². The lowest BCUT2D eigenvalue weighted by atomic mass is 9.79. The molecule has 0 bridgehead atoms. The van der Waals surface area contributed by atoms with Crippen molar-refractivity contribution in [2.45, 2.75) is 58.0 Å². The zero-order chi connectivity index (χ0) is 25.8. The molecule has 2 fully saturated rings. The van der Waals surface area contributed by atoms with E-state index in [1.165, 1.54) is 11.1 Å². The van der Waals surface area contributed by atoms with Gasteiger partial charge in [-0.05, 0) is 46.6 Å². The van der Waals surface area contributed by atoms with Gasteiger partial charge < -0.3 is 19.7 Å². The lowest BCUT2D eigenvalue weighted by Crippen LogP contribution is -2.45. The molecule has 1 atom stereocenters. The van der Waals surface area contributed by atoms with Crippen molar-refractivity contribution in [2.24, 2.45) is 0 Å². The number of anilines is 2. The summed E-state index contributed by atoms with van der Waals surface area (Å²) in [5.74, 6) is 1.04. The monoisotopic (exact) mass is 494 g/mol. The summed E-state index contributed by atoms with van der Waals surface area (Å²) in [5.41, 5.74) is 3.36. The Morgan fingerprint density at radius 1 is 0.972 bits per heavy atom. The summed E-state index contributed by atoms with van der Waals surface area (Å²) in [6.07, 6.45) is 3.04. The van der Waals surface area contributed by atoms with Crippen molar-refractivity contribution < 1.29 is 14.3 Å². The Labute approximate surface area is 216 Å². The second-order valence-electron chi connectivity index (χ2n) is 11.7. The number of ether oxygens (including phenoxy) is 2. The van der Waals surface area contributed by atoms with Gasteiger partial charge in [0.25, 0.3) is 0 Å². The van der Waals surface area contributed by atoms with Crippen LogP contribution in [0.25, 0.3) is 0 Å². The van der Waals surface area contributed by atoms with Crippen molar-refractivity contribution >= 4 is 17.4 Å². The zero-order valence-corrected chi connectivity index (χ0v) is 22.5. The van der Waals surface area contributed by atoms with Crippen LogP contribution in [0.1, 0.15) is 52.2 Å². The molecule has 2 saturated heterocycles. The number of aromatic nitrogens is 1. The summed E-state index contributed by atoms with van der Waals surface area (Å²) in [4.78, 5) is 21.6. The third-order valence-electron chi connectivity index (χ3n) is 7.24. The van der Waals surface area contributed by atoms with Gasteiger partial charge in [0, 0.05) is 38.1 Å². The summed E-state index contributed by atoms with van der Waals surface area (Å²) in [7, 11) is 0. The first-order chi connectivity index (χ1) is 17.1. The highest BCUT2D eigenvalue weighted by atomic mass is 16.5. The molecule has 1 unspecified atom stereocenters. The van der Waals surface area contributed by atoms with E-state index in [0.29, 0.717) is 26.4 Å². The number of amides is 1. The minimum atomic E-state index is -0.0620. The number of hydrogen-bond donors (Lipinski definition) is 1. The van der Waals surface area contributed by atoms with E-state index in [0.717, 1.165) is 44.1 Å². The number of carbonyl (C=O) groups is 1. The molecular weight excluding hydrogens is 452 g/mol. The van der Waals surface area contributed by atoms with E-state index in [1.54, 1.807) is 0 Å². The van der Waals surface area contributed by atoms with Crippen LogP contribution in [-0.2, 0) is 25.1 Å². The fourth-order valence-corrected chi connectivity index (χ4v) is 4.92. The first-order valence-electron chi connectivity index (χ1n) is 13.1. The van der Waals surface area contributed by atoms with Crippen molar-refractivity contribution in [1.82, 2.24) is 9.88 Å². The van der Waals surface area contributed by atoms with Gasteiger partial charge in [0.05, 0.1) is 32.5 Å². The molecule has 2 aliphatic rings. The summed E-state index contributed by atoms with van der Waals surface area (Å²) in [6.45, 7) is 17.0. The molecule has 36 heavy (non-hydrogen) atoms. The average Bonchev–Trinajstić information content (AvgIpc) is 2.84. The molecule has 2 aliphatic heterocycles. The van der Waals surface area contributed by atoms with Gasteiger partial charge in [-0.15, -0.1) is 0 Å². The van der Waals surface area contributed by atoms with Crippen LogP contribution in [0, 0.1) is 0 Å². The van der Waals surface area contributed by atoms with Gasteiger partial charge in [0.1, 0.15) is 5.82 Å². The van der Waals surface area contributed by atoms with Crippen molar-refractivity contribution in [1.29, 1.82) is 0 Å². The molecule has 1 amide bonds. The highest BCUT2D eigenvalue weighted by Crippen LogP contribution is 2.32. The van der Waals surface area contributed by atoms with Crippen LogP contribution in [0.15, 0.2) is 42.6 Å². The molecule has 0 saturated carbocycles. The molecule has 7 nitrogen and oxygen atoms in total. The van der Waals surface area contributed by atoms with Crippen LogP contribution in [-0.4, -0.2) is 74.4 Å². The Bertz CT molecular complexity index is 993. The smallest absolute Gasteiger partial charge is 0.238 e. The zero-order valence-electron chi connectivity index (χ0n) is 22.5. The minimum Gasteiger partial charge on any atom is -0.379 e. The molecule has 0 aliphatic carbocycles. The second-order valence-corrected chi connectivity index (χ2v) is 11.7. The maximum atomic E-state index is 12.4. The molecule has 7 heteroatoms. The van der Waals surface area contributed by atoms with Crippen LogP contribution in [0.4, 0.5) is 11.5 Å². The average molecular weight is 495 g/mol. The lowest BCUT2D eigenvalue weighted by molar-refractivity contribution is -0.118. The third-order valence-corrected chi connectivity index (χ3v) is 7.24. The Morgan fingerprint density at radius 2 is 1.67 bits per heavy atom. The molecule has 196 valence electrons. The molecule has 1 N–H and O–H groups in total. The third kappa shape index (κ3) is 7.05. The standard InChI is InChI=1S/C29H42N4O3/c1-28(2,3)23-8-11-26(30-19-23)33-14-17-36-25(20-33)18-29(4,5)22-6-9-24(10-7-22)31-27(34)21-32-12-15-35-16-13-32/h6-11,19,25H,12-18,20-21H2,1-5H3,(H,31,34). The van der Waals surface area contributed by atoms with Gasteiger partial charge in [-0.25, -0.2) is 4.98 Å². The predicted molar refractivity (Wildman–Crippen MR) is 145 cm³/mol. The number of rotatable bonds is 7. The molecule has 1 aromatic carbocycles. The number of carbonyl (C=O) groups excluding carboxylic acids is 1. The highest BCUT2D eigenvalue weighted by Gasteiger charge is 2.30. The van der Waals surface area contributed by atoms with Crippen LogP contribution in [0.3, 0.4) is 0 Å². The molecule has 0 spiro atoms. The quantitative estimate of drug-likeness (QED) is 0.622. The van der Waals surface area contributed by atoms with Crippen LogP contribution >= 0.6 is 0 Å². The highest BCUT2D eigenvalue weighted by molar-refractivity contribution is 5.92. The Morgan fingerprint density at radius 3 is 2.31 bits per heavy atom. The number of nitrogens with one attached hydrogen (secondary N) is 1. The maximum Gasteiger partial charge on any atom is 0.238 e. The summed E-state index contributed by atoms with van der Waals surface area (Å²) >= 11 is 0. The van der Waals surface area contributed by atoms with Crippen molar-refractivity contribution in [2.75, 3.05) is 62.8 Å². The minimum absolute atomic E-state index is 0.0174. The molecule has 3 heterocycles. The SMILES string of the molecule is CC(C)(C)c1ccc(N2CCOC(CC(C)(C)c3ccc(NC(=O)CN4CCOCC4)cc3)C2)nc1. The topological polar surface area (TPSA) is 66.9 Å². The van der Waals surface area contributed by atoms with E-state index in [1.807, 2.05) is 18.3 Å². The summed E-state index contributed by atoms with van der Waals surface area (Å²) in [6, 6.07) is 12.6. The van der Waals surface area contributed by atoms with Crippen molar-refractivity contribution in [3.63, 3.8) is 0 Å². The maximum absolute atomic E-state index is 12.4. The number of nitrogens with zero attached hydrogens (tertiary/aromatic N) is 3. The molecular formula is C29H42N4O3. The molecule has 0 radical (unpaired) electrons. The fraction of sp³-hybridized carbons (Fsp3) is 0.586. The fourth-order valence-electron chi connectivity index (χ4n) is 4.92. The Balaban J connectivity index is 1.32. The van der Waals surface area contributed by atoms with Crippen LogP contribution < -0.4 is 10.2 Å². The number of pyridine rings is 1. The van der Waals surface area contributed by atoms with Crippen molar-refractivity contribution in [3.05, 3.63) is 53.7 Å². The van der Waals surface area contributed by atoms with Gasteiger partial charge in [-0.1, -0.05) is 52.8 Å². The summed E-state index contributed by atoms with van der Waals surface area (Å²) < 4.78 is 11.5. The molecule has 4 rings (SSSR count). The van der Waals surface area contributed by atoms with Gasteiger partial charge in [0.15, 0.2) is 0 Å². The van der Waals surface area contributed by atoms with Crippen LogP contribution in [0.5, 0.6) is 0 Å². The number of morpholine rings is 2. The van der Waals surface area contributed by atoms with E-state index in [4.69, 9.17) is 14.5 Å². The predicted octanol–water partition coefficient (Wildman–Crippen LogP) is 4.22. The van der Waals surface area contributed by atoms with Gasteiger partial charge in [-0.3, -0.25) is 9.69 Å². The van der Waals surface area contributed by atoms with Gasteiger partial charge in [-0.2, -0.15) is 0 Å². The van der Waals surface area contributed by atoms with Gasteiger partial charge >= 0.3 is 0 Å². The Hall–Kier alpha value is -2.48. The van der Waals surface area contributed by atoms with E-state index in [2.05, 4.69) is 74.0 Å². The van der Waals surface area contributed by atoms with E-state index >= 15 is 0 Å². The van der Waals surface area contributed by atoms with Crippen LogP contribution in [0.2, 0.25) is 0 Å². The first-order valence-corrected chi connectivity index (χ1v) is 13.1. The Kier molecular flexibility index (Phi) is 8.33. The first kappa shape index (κ1) is 26.6. The van der Waals surface area contributed by atoms with Crippen molar-refractivity contribution in [3.8, 4) is 0 Å². The largest absolute Gasteiger partial charge is 0.379 e. The molecule has 1 aromatic heterocycles. The number of benzene rings is 1. The number of hydrogen-bond acceptors (Lipinski definition) is 6. The lowest BCUT2D eigenvalue weighted by Gasteiger charge is -2.38. The van der Waals surface area contributed by atoms with E-state index in [-0.39, 0.29) is 22.8 Å². The van der Waals surface area contributed by atoms with Gasteiger partial charge in [0.2, 0.25) is 5.91 Å². The second kappa shape index (κ2) is 11.3.